The van der Waals surface area contributed by atoms with Gasteiger partial charge < -0.3 is 10.1 Å². The van der Waals surface area contributed by atoms with E-state index in [1.807, 2.05) is 22.6 Å². The fourth-order valence-electron chi connectivity index (χ4n) is 0.646. The lowest BCUT2D eigenvalue weighted by Crippen LogP contribution is -2.25. The fourth-order valence-corrected chi connectivity index (χ4v) is 0.916. The summed E-state index contributed by atoms with van der Waals surface area (Å²) in [6, 6.07) is 0. The molecule has 0 aromatic rings. The van der Waals surface area contributed by atoms with Crippen LogP contribution in [0.15, 0.2) is 0 Å². The van der Waals surface area contributed by atoms with Crippen molar-refractivity contribution in [3.05, 3.63) is 0 Å². The number of halogens is 1. The Morgan fingerprint density at radius 1 is 1.55 bits per heavy atom. The molecule has 0 saturated heterocycles. The normalized spacial score (nSPS) is 9.64. The van der Waals surface area contributed by atoms with E-state index in [-0.39, 0.29) is 5.91 Å². The van der Waals surface area contributed by atoms with E-state index in [1.165, 1.54) is 0 Å². The predicted octanol–water partition coefficient (Wildman–Crippen LogP) is 0.964. The SMILES string of the molecule is COCCCCNC(=O)CI. The van der Waals surface area contributed by atoms with Crippen LogP contribution in [-0.2, 0) is 9.53 Å². The molecule has 3 nitrogen and oxygen atoms in total. The number of alkyl halides is 1. The molecule has 66 valence electrons. The molecule has 0 radical (unpaired) electrons. The Kier molecular flexibility index (Phi) is 8.38. The van der Waals surface area contributed by atoms with Crippen LogP contribution in [0, 0.1) is 0 Å². The largest absolute Gasteiger partial charge is 0.385 e. The highest BCUT2D eigenvalue weighted by atomic mass is 127. The number of hydrogen-bond acceptors (Lipinski definition) is 2. The smallest absolute Gasteiger partial charge is 0.229 e. The van der Waals surface area contributed by atoms with Gasteiger partial charge in [0.1, 0.15) is 0 Å². The van der Waals surface area contributed by atoms with Crippen LogP contribution in [0.2, 0.25) is 0 Å². The molecule has 0 aliphatic rings. The van der Waals surface area contributed by atoms with Crippen molar-refractivity contribution < 1.29 is 9.53 Å². The Bertz CT molecular complexity index is 109. The summed E-state index contributed by atoms with van der Waals surface area (Å²) in [6.07, 6.45) is 2.01. The van der Waals surface area contributed by atoms with Crippen molar-refractivity contribution in [3.63, 3.8) is 0 Å². The maximum Gasteiger partial charge on any atom is 0.229 e. The number of unbranched alkanes of at least 4 members (excludes halogenated alkanes) is 1. The third-order valence-corrected chi connectivity index (χ3v) is 1.91. The van der Waals surface area contributed by atoms with Crippen LogP contribution in [0.1, 0.15) is 12.8 Å². The molecule has 0 aromatic carbocycles. The number of amides is 1. The van der Waals surface area contributed by atoms with Crippen LogP contribution in [0.25, 0.3) is 0 Å². The number of ether oxygens (including phenoxy) is 1. The Balaban J connectivity index is 2.95. The van der Waals surface area contributed by atoms with Crippen molar-refractivity contribution in [2.24, 2.45) is 0 Å². The second-order valence-corrected chi connectivity index (χ2v) is 2.95. The van der Waals surface area contributed by atoms with E-state index in [4.69, 9.17) is 4.74 Å². The van der Waals surface area contributed by atoms with E-state index in [0.29, 0.717) is 4.43 Å². The van der Waals surface area contributed by atoms with Crippen molar-refractivity contribution in [2.45, 2.75) is 12.8 Å². The van der Waals surface area contributed by atoms with Gasteiger partial charge in [-0.2, -0.15) is 0 Å². The van der Waals surface area contributed by atoms with E-state index in [1.54, 1.807) is 7.11 Å². The van der Waals surface area contributed by atoms with Gasteiger partial charge in [-0.1, -0.05) is 22.6 Å². The molecule has 0 aliphatic heterocycles. The molecule has 4 heteroatoms. The Labute approximate surface area is 81.0 Å². The molecule has 0 fully saturated rings. The van der Waals surface area contributed by atoms with Gasteiger partial charge in [0.05, 0.1) is 4.43 Å². The molecule has 0 bridgehead atoms. The Hall–Kier alpha value is 0.160. The zero-order valence-corrected chi connectivity index (χ0v) is 8.89. The maximum absolute atomic E-state index is 10.7. The molecule has 0 atom stereocenters. The average Bonchev–Trinajstić information content (AvgIpc) is 2.04. The summed E-state index contributed by atoms with van der Waals surface area (Å²) < 4.78 is 5.40. The number of carbonyl (C=O) groups excluding carboxylic acids is 1. The van der Waals surface area contributed by atoms with Crippen LogP contribution in [0.3, 0.4) is 0 Å². The second-order valence-electron chi connectivity index (χ2n) is 2.18. The van der Waals surface area contributed by atoms with Crippen molar-refractivity contribution in [2.75, 3.05) is 24.7 Å². The number of rotatable bonds is 6. The lowest BCUT2D eigenvalue weighted by molar-refractivity contribution is -0.118. The molecule has 0 heterocycles. The van der Waals surface area contributed by atoms with Crippen LogP contribution >= 0.6 is 22.6 Å². The van der Waals surface area contributed by atoms with Crippen molar-refractivity contribution >= 4 is 28.5 Å². The molecular weight excluding hydrogens is 257 g/mol. The minimum Gasteiger partial charge on any atom is -0.385 e. The van der Waals surface area contributed by atoms with Crippen LogP contribution in [0.4, 0.5) is 0 Å². The predicted molar refractivity (Wildman–Crippen MR) is 53.0 cm³/mol. The van der Waals surface area contributed by atoms with Crippen LogP contribution < -0.4 is 5.32 Å². The van der Waals surface area contributed by atoms with Crippen molar-refractivity contribution in [1.29, 1.82) is 0 Å². The molecule has 1 N–H and O–H groups in total. The standard InChI is InChI=1S/C7H14INO2/c1-11-5-3-2-4-9-7(10)6-8/h2-6H2,1H3,(H,9,10). The third-order valence-electron chi connectivity index (χ3n) is 1.22. The minimum absolute atomic E-state index is 0.114. The third kappa shape index (κ3) is 8.06. The van der Waals surface area contributed by atoms with Crippen molar-refractivity contribution in [1.82, 2.24) is 5.32 Å². The summed E-state index contributed by atoms with van der Waals surface area (Å²) in [4.78, 5) is 10.7. The minimum atomic E-state index is 0.114. The quantitative estimate of drug-likeness (QED) is 0.444. The van der Waals surface area contributed by atoms with Crippen LogP contribution in [-0.4, -0.2) is 30.6 Å². The monoisotopic (exact) mass is 271 g/mol. The highest BCUT2D eigenvalue weighted by Gasteiger charge is 1.94. The molecular formula is C7H14INO2. The van der Waals surface area contributed by atoms with Gasteiger partial charge in [-0.3, -0.25) is 4.79 Å². The molecule has 0 spiro atoms. The fraction of sp³-hybridized carbons (Fsp3) is 0.857. The van der Waals surface area contributed by atoms with E-state index in [0.717, 1.165) is 26.0 Å². The van der Waals surface area contributed by atoms with Gasteiger partial charge in [0.25, 0.3) is 0 Å². The second kappa shape index (κ2) is 8.26. The maximum atomic E-state index is 10.7. The number of methoxy groups -OCH3 is 1. The first-order valence-corrected chi connectivity index (χ1v) is 5.15. The first kappa shape index (κ1) is 11.2. The zero-order chi connectivity index (χ0) is 8.53. The van der Waals surface area contributed by atoms with Crippen LogP contribution in [0.5, 0.6) is 0 Å². The van der Waals surface area contributed by atoms with Gasteiger partial charge in [0.2, 0.25) is 5.91 Å². The summed E-state index contributed by atoms with van der Waals surface area (Å²) in [6.45, 7) is 1.55. The zero-order valence-electron chi connectivity index (χ0n) is 6.73. The summed E-state index contributed by atoms with van der Waals surface area (Å²) in [5.74, 6) is 0.114. The topological polar surface area (TPSA) is 38.3 Å². The number of nitrogens with one attached hydrogen (secondary N) is 1. The molecule has 11 heavy (non-hydrogen) atoms. The van der Waals surface area contributed by atoms with Gasteiger partial charge in [0.15, 0.2) is 0 Å². The number of hydrogen-bond donors (Lipinski definition) is 1. The summed E-state index contributed by atoms with van der Waals surface area (Å²) in [7, 11) is 1.68. The van der Waals surface area contributed by atoms with E-state index in [9.17, 15) is 4.79 Å². The van der Waals surface area contributed by atoms with Gasteiger partial charge in [-0.25, -0.2) is 0 Å². The van der Waals surface area contributed by atoms with E-state index < -0.39 is 0 Å². The Morgan fingerprint density at radius 3 is 2.82 bits per heavy atom. The first-order chi connectivity index (χ1) is 5.31. The summed E-state index contributed by atoms with van der Waals surface area (Å²) >= 11 is 2.05. The average molecular weight is 271 g/mol. The Morgan fingerprint density at radius 2 is 2.27 bits per heavy atom. The highest BCUT2D eigenvalue weighted by Crippen LogP contribution is 1.87. The molecule has 0 saturated carbocycles. The molecule has 1 amide bonds. The van der Waals surface area contributed by atoms with Crippen molar-refractivity contribution in [3.8, 4) is 0 Å². The molecule has 0 aliphatic carbocycles. The van der Waals surface area contributed by atoms with E-state index >= 15 is 0 Å². The molecule has 0 rings (SSSR count). The lowest BCUT2D eigenvalue weighted by atomic mass is 10.3. The molecule has 0 aromatic heterocycles. The van der Waals surface area contributed by atoms with Gasteiger partial charge in [-0.05, 0) is 12.8 Å². The van der Waals surface area contributed by atoms with Gasteiger partial charge in [0, 0.05) is 20.3 Å². The highest BCUT2D eigenvalue weighted by molar-refractivity contribution is 14.1. The summed E-state index contributed by atoms with van der Waals surface area (Å²) in [5, 5.41) is 2.79. The van der Waals surface area contributed by atoms with Gasteiger partial charge >= 0.3 is 0 Å². The first-order valence-electron chi connectivity index (χ1n) is 3.63. The lowest BCUT2D eigenvalue weighted by Gasteiger charge is -2.01. The molecule has 0 unspecified atom stereocenters. The number of carbonyl (C=O) groups is 1. The summed E-state index contributed by atoms with van der Waals surface area (Å²) in [5.41, 5.74) is 0. The van der Waals surface area contributed by atoms with Gasteiger partial charge in [-0.15, -0.1) is 0 Å². The van der Waals surface area contributed by atoms with E-state index in [2.05, 4.69) is 5.32 Å².